The molecule has 1 aliphatic rings. The lowest BCUT2D eigenvalue weighted by atomic mass is 10.4. The summed E-state index contributed by atoms with van der Waals surface area (Å²) in [5.41, 5.74) is 0. The molecule has 7 nitrogen and oxygen atoms in total. The Morgan fingerprint density at radius 2 is 1.83 bits per heavy atom. The highest BCUT2D eigenvalue weighted by molar-refractivity contribution is 6.01. The van der Waals surface area contributed by atoms with Gasteiger partial charge in [0.2, 0.25) is 11.8 Å². The number of nitrogens with zero attached hydrogens (tertiary/aromatic N) is 1. The van der Waals surface area contributed by atoms with Crippen molar-refractivity contribution in [2.45, 2.75) is 19.3 Å². The molecule has 0 radical (unpaired) electrons. The molecule has 0 unspecified atom stereocenters. The van der Waals surface area contributed by atoms with Crippen LogP contribution in [0.4, 0.5) is 0 Å². The van der Waals surface area contributed by atoms with Crippen LogP contribution >= 0.6 is 0 Å². The van der Waals surface area contributed by atoms with Gasteiger partial charge in [-0.15, -0.1) is 0 Å². The van der Waals surface area contributed by atoms with Crippen LogP contribution in [0.5, 0.6) is 0 Å². The Morgan fingerprint density at radius 3 is 2.39 bits per heavy atom. The van der Waals surface area contributed by atoms with Gasteiger partial charge in [0.05, 0.1) is 6.61 Å². The van der Waals surface area contributed by atoms with Gasteiger partial charge in [-0.2, -0.15) is 0 Å². The number of hydrogen-bond acceptors (Lipinski definition) is 5. The quantitative estimate of drug-likeness (QED) is 0.303. The minimum absolute atomic E-state index is 0.0276. The van der Waals surface area contributed by atoms with Crippen LogP contribution in [0, 0.1) is 0 Å². The summed E-state index contributed by atoms with van der Waals surface area (Å²) >= 11 is 0. The van der Waals surface area contributed by atoms with Gasteiger partial charge >= 0.3 is 11.9 Å². The first-order chi connectivity index (χ1) is 8.50. The van der Waals surface area contributed by atoms with Gasteiger partial charge in [-0.25, -0.2) is 9.59 Å². The molecule has 1 heterocycles. The van der Waals surface area contributed by atoms with Crippen molar-refractivity contribution in [1.29, 1.82) is 0 Å². The smallest absolute Gasteiger partial charge is 0.331 e. The molecule has 1 fully saturated rings. The van der Waals surface area contributed by atoms with Gasteiger partial charge in [0.25, 0.3) is 0 Å². The predicted octanol–water partition coefficient (Wildman–Crippen LogP) is -0.290. The molecule has 7 heteroatoms. The number of carbonyl (C=O) groups is 4. The summed E-state index contributed by atoms with van der Waals surface area (Å²) in [5.74, 6) is -2.43. The highest BCUT2D eigenvalue weighted by atomic mass is 16.5. The van der Waals surface area contributed by atoms with E-state index in [0.29, 0.717) is 12.5 Å². The maximum atomic E-state index is 11.2. The molecule has 0 saturated carbocycles. The van der Waals surface area contributed by atoms with Crippen LogP contribution in [0.15, 0.2) is 12.2 Å². The zero-order valence-electron chi connectivity index (χ0n) is 9.63. The molecule has 2 amide bonds. The van der Waals surface area contributed by atoms with Gasteiger partial charge in [-0.3, -0.25) is 14.5 Å². The van der Waals surface area contributed by atoms with Gasteiger partial charge in [0, 0.05) is 31.5 Å². The molecule has 1 N–H and O–H groups in total. The molecule has 0 aromatic heterocycles. The maximum absolute atomic E-state index is 11.2. The summed E-state index contributed by atoms with van der Waals surface area (Å²) in [6, 6.07) is 0. The van der Waals surface area contributed by atoms with Crippen molar-refractivity contribution < 1.29 is 29.0 Å². The Hall–Kier alpha value is -2.18. The van der Waals surface area contributed by atoms with Crippen molar-refractivity contribution in [3.63, 3.8) is 0 Å². The van der Waals surface area contributed by atoms with E-state index in [2.05, 4.69) is 4.74 Å². The second-order valence-electron chi connectivity index (χ2n) is 3.63. The van der Waals surface area contributed by atoms with Crippen molar-refractivity contribution in [3.05, 3.63) is 12.2 Å². The number of ether oxygens (including phenoxy) is 1. The van der Waals surface area contributed by atoms with Crippen molar-refractivity contribution >= 4 is 23.8 Å². The molecule has 1 aliphatic heterocycles. The number of imide groups is 1. The van der Waals surface area contributed by atoms with Crippen molar-refractivity contribution in [2.24, 2.45) is 0 Å². The molecule has 0 aliphatic carbocycles. The van der Waals surface area contributed by atoms with Crippen LogP contribution in [-0.2, 0) is 23.9 Å². The van der Waals surface area contributed by atoms with E-state index >= 15 is 0 Å². The first-order valence-electron chi connectivity index (χ1n) is 5.41. The number of carboxylic acids is 1. The standard InChI is InChI=1S/C11H13NO6/c13-8-2-3-9(14)12(8)6-1-7-18-11(17)5-4-10(15)16/h4-5H,1-3,6-7H2,(H,15,16)/b5-4+. The third kappa shape index (κ3) is 4.36. The van der Waals surface area contributed by atoms with Crippen LogP contribution in [0.25, 0.3) is 0 Å². The number of aliphatic carboxylic acids is 1. The van der Waals surface area contributed by atoms with Crippen molar-refractivity contribution in [2.75, 3.05) is 13.2 Å². The van der Waals surface area contributed by atoms with Crippen molar-refractivity contribution in [1.82, 2.24) is 4.90 Å². The number of esters is 1. The third-order valence-electron chi connectivity index (χ3n) is 2.29. The summed E-state index contributed by atoms with van der Waals surface area (Å²) in [6.45, 7) is 0.243. The summed E-state index contributed by atoms with van der Waals surface area (Å²) in [7, 11) is 0. The van der Waals surface area contributed by atoms with E-state index in [1.807, 2.05) is 0 Å². The minimum atomic E-state index is -1.24. The fourth-order valence-electron chi connectivity index (χ4n) is 1.46. The summed E-state index contributed by atoms with van der Waals surface area (Å²) in [6.07, 6.45) is 2.29. The molecular formula is C11H13NO6. The second kappa shape index (κ2) is 6.53. The molecular weight excluding hydrogens is 242 g/mol. The monoisotopic (exact) mass is 255 g/mol. The lowest BCUT2D eigenvalue weighted by Gasteiger charge is -2.12. The van der Waals surface area contributed by atoms with E-state index in [9.17, 15) is 19.2 Å². The average Bonchev–Trinajstić information content (AvgIpc) is 2.63. The van der Waals surface area contributed by atoms with E-state index in [0.717, 1.165) is 11.0 Å². The number of carboxylic acid groups (broad SMARTS) is 1. The average molecular weight is 255 g/mol. The van der Waals surface area contributed by atoms with Crippen LogP contribution in [0.2, 0.25) is 0 Å². The predicted molar refractivity (Wildman–Crippen MR) is 58.3 cm³/mol. The third-order valence-corrected chi connectivity index (χ3v) is 2.29. The van der Waals surface area contributed by atoms with E-state index in [-0.39, 0.29) is 37.8 Å². The Balaban J connectivity index is 2.19. The Labute approximate surface area is 103 Å². The van der Waals surface area contributed by atoms with E-state index in [1.165, 1.54) is 0 Å². The number of likely N-dealkylation sites (tertiary alicyclic amines) is 1. The summed E-state index contributed by atoms with van der Waals surface area (Å²) < 4.78 is 4.68. The van der Waals surface area contributed by atoms with Gasteiger partial charge in [-0.05, 0) is 6.42 Å². The zero-order chi connectivity index (χ0) is 13.5. The summed E-state index contributed by atoms with van der Waals surface area (Å²) in [4.78, 5) is 44.6. The van der Waals surface area contributed by atoms with E-state index in [4.69, 9.17) is 5.11 Å². The molecule has 1 rings (SSSR count). The number of rotatable bonds is 6. The minimum Gasteiger partial charge on any atom is -0.478 e. The molecule has 98 valence electrons. The summed E-state index contributed by atoms with van der Waals surface area (Å²) in [5, 5.41) is 8.26. The van der Waals surface area contributed by atoms with E-state index in [1.54, 1.807) is 0 Å². The molecule has 0 aromatic carbocycles. The fourth-order valence-corrected chi connectivity index (χ4v) is 1.46. The van der Waals surface area contributed by atoms with Gasteiger partial charge < -0.3 is 9.84 Å². The van der Waals surface area contributed by atoms with Crippen LogP contribution in [-0.4, -0.2) is 46.9 Å². The first kappa shape index (κ1) is 13.9. The topological polar surface area (TPSA) is 101 Å². The lowest BCUT2D eigenvalue weighted by molar-refractivity contribution is -0.140. The highest BCUT2D eigenvalue weighted by Crippen LogP contribution is 2.11. The van der Waals surface area contributed by atoms with Gasteiger partial charge in [0.15, 0.2) is 0 Å². The molecule has 18 heavy (non-hydrogen) atoms. The first-order valence-corrected chi connectivity index (χ1v) is 5.41. The van der Waals surface area contributed by atoms with Crippen LogP contribution in [0.1, 0.15) is 19.3 Å². The molecule has 0 aromatic rings. The molecule has 1 saturated heterocycles. The van der Waals surface area contributed by atoms with Gasteiger partial charge in [0.1, 0.15) is 0 Å². The Kier molecular flexibility index (Phi) is 5.04. The fraction of sp³-hybridized carbons (Fsp3) is 0.455. The van der Waals surface area contributed by atoms with Crippen molar-refractivity contribution in [3.8, 4) is 0 Å². The normalized spacial score (nSPS) is 15.4. The van der Waals surface area contributed by atoms with Crippen LogP contribution < -0.4 is 0 Å². The number of carbonyl (C=O) groups excluding carboxylic acids is 3. The largest absolute Gasteiger partial charge is 0.478 e. The highest BCUT2D eigenvalue weighted by Gasteiger charge is 2.27. The SMILES string of the molecule is O=C(O)/C=C/C(=O)OCCCN1C(=O)CCC1=O. The second-order valence-corrected chi connectivity index (χ2v) is 3.63. The number of amides is 2. The lowest BCUT2D eigenvalue weighted by Crippen LogP contribution is -2.30. The zero-order valence-corrected chi connectivity index (χ0v) is 9.63. The van der Waals surface area contributed by atoms with Crippen LogP contribution in [0.3, 0.4) is 0 Å². The molecule has 0 atom stereocenters. The molecule has 0 bridgehead atoms. The maximum Gasteiger partial charge on any atom is 0.331 e. The molecule has 0 spiro atoms. The van der Waals surface area contributed by atoms with Gasteiger partial charge in [-0.1, -0.05) is 0 Å². The Bertz CT molecular complexity index is 384. The number of hydrogen-bond donors (Lipinski definition) is 1. The van der Waals surface area contributed by atoms with E-state index < -0.39 is 11.9 Å². The Morgan fingerprint density at radius 1 is 1.22 bits per heavy atom.